The number of para-hydroxylation sites is 2. The molecule has 2 aromatic carbocycles. The number of fused-ring (bicyclic) bond motifs is 2. The first kappa shape index (κ1) is 16.6. The van der Waals surface area contributed by atoms with Gasteiger partial charge in [-0.2, -0.15) is 0 Å². The summed E-state index contributed by atoms with van der Waals surface area (Å²) in [5.74, 6) is 0. The maximum atomic E-state index is 9.23. The maximum Gasteiger partial charge on any atom is 0.0881 e. The minimum Gasteiger partial charge on any atom is -0.395 e. The van der Waals surface area contributed by atoms with Gasteiger partial charge in [0, 0.05) is 31.0 Å². The van der Waals surface area contributed by atoms with E-state index in [1.807, 2.05) is 0 Å². The van der Waals surface area contributed by atoms with Gasteiger partial charge in [-0.1, -0.05) is 36.4 Å². The molecule has 1 fully saturated rings. The van der Waals surface area contributed by atoms with Gasteiger partial charge in [0.25, 0.3) is 0 Å². The van der Waals surface area contributed by atoms with E-state index >= 15 is 0 Å². The second kappa shape index (κ2) is 7.56. The summed E-state index contributed by atoms with van der Waals surface area (Å²) in [6.45, 7) is 4.30. The zero-order chi connectivity index (χ0) is 17.1. The summed E-state index contributed by atoms with van der Waals surface area (Å²) in [5, 5.41) is 9.23. The van der Waals surface area contributed by atoms with E-state index in [0.717, 1.165) is 45.6 Å². The Morgan fingerprint density at radius 1 is 0.960 bits per heavy atom. The third-order valence-corrected chi connectivity index (χ3v) is 5.25. The van der Waals surface area contributed by atoms with Gasteiger partial charge in [0.15, 0.2) is 0 Å². The minimum absolute atomic E-state index is 0.152. The monoisotopic (exact) mass is 338 g/mol. The lowest BCUT2D eigenvalue weighted by Crippen LogP contribution is -2.47. The number of anilines is 2. The van der Waals surface area contributed by atoms with Crippen LogP contribution in [0.4, 0.5) is 11.4 Å². The van der Waals surface area contributed by atoms with Crippen LogP contribution in [0, 0.1) is 0 Å². The summed E-state index contributed by atoms with van der Waals surface area (Å²) in [5.41, 5.74) is 5.41. The van der Waals surface area contributed by atoms with Gasteiger partial charge in [-0.05, 0) is 36.1 Å². The fourth-order valence-electron chi connectivity index (χ4n) is 4.01. The van der Waals surface area contributed by atoms with Crippen LogP contribution in [0.5, 0.6) is 0 Å². The summed E-state index contributed by atoms with van der Waals surface area (Å²) >= 11 is 0. The van der Waals surface area contributed by atoms with E-state index in [0.29, 0.717) is 0 Å². The highest BCUT2D eigenvalue weighted by atomic mass is 16.5. The molecule has 2 aromatic rings. The van der Waals surface area contributed by atoms with Crippen LogP contribution < -0.4 is 4.90 Å². The highest BCUT2D eigenvalue weighted by Crippen LogP contribution is 2.36. The molecule has 4 heteroatoms. The van der Waals surface area contributed by atoms with Gasteiger partial charge in [0.2, 0.25) is 0 Å². The summed E-state index contributed by atoms with van der Waals surface area (Å²) in [6.07, 6.45) is 2.30. The molecule has 4 nitrogen and oxygen atoms in total. The predicted molar refractivity (Wildman–Crippen MR) is 101 cm³/mol. The quantitative estimate of drug-likeness (QED) is 0.930. The first-order valence-corrected chi connectivity index (χ1v) is 9.23. The van der Waals surface area contributed by atoms with Gasteiger partial charge in [-0.25, -0.2) is 0 Å². The number of morpholine rings is 1. The van der Waals surface area contributed by atoms with Gasteiger partial charge >= 0.3 is 0 Å². The molecule has 2 aliphatic rings. The van der Waals surface area contributed by atoms with Gasteiger partial charge in [-0.15, -0.1) is 0 Å². The molecule has 1 N–H and O–H groups in total. The van der Waals surface area contributed by atoms with Crippen LogP contribution >= 0.6 is 0 Å². The third kappa shape index (κ3) is 3.56. The first-order valence-electron chi connectivity index (χ1n) is 9.23. The van der Waals surface area contributed by atoms with Crippen LogP contribution in [0.3, 0.4) is 0 Å². The second-order valence-electron chi connectivity index (χ2n) is 6.89. The predicted octanol–water partition coefficient (Wildman–Crippen LogP) is 2.62. The summed E-state index contributed by atoms with van der Waals surface area (Å²) < 4.78 is 6.06. The molecule has 0 aliphatic carbocycles. The molecule has 4 rings (SSSR count). The summed E-state index contributed by atoms with van der Waals surface area (Å²) in [7, 11) is 0. The zero-order valence-corrected chi connectivity index (χ0v) is 14.6. The van der Waals surface area contributed by atoms with E-state index < -0.39 is 0 Å². The molecule has 0 saturated carbocycles. The van der Waals surface area contributed by atoms with Crippen LogP contribution in [0.1, 0.15) is 11.1 Å². The largest absolute Gasteiger partial charge is 0.395 e. The van der Waals surface area contributed by atoms with Gasteiger partial charge in [0.05, 0.1) is 25.9 Å². The number of hydrogen-bond donors (Lipinski definition) is 1. The number of nitrogens with zero attached hydrogens (tertiary/aromatic N) is 2. The fraction of sp³-hybridized carbons (Fsp3) is 0.429. The number of hydrogen-bond acceptors (Lipinski definition) is 4. The van der Waals surface area contributed by atoms with Crippen molar-refractivity contribution in [2.75, 3.05) is 44.3 Å². The maximum absolute atomic E-state index is 9.23. The lowest BCUT2D eigenvalue weighted by Gasteiger charge is -2.36. The van der Waals surface area contributed by atoms with Crippen LogP contribution in [0.15, 0.2) is 48.5 Å². The Labute approximate surface area is 149 Å². The number of β-amino-alcohol motifs (C(OH)–C–C–N with tert-alkyl or cyclic N) is 1. The standard InChI is InChI=1S/C21H26N2O2/c24-13-11-22-12-14-25-19(15-22)16-23-20-7-3-1-5-17(20)9-10-18-6-2-4-8-21(18)23/h1-8,19,24H,9-16H2. The zero-order valence-electron chi connectivity index (χ0n) is 14.6. The molecule has 132 valence electrons. The van der Waals surface area contributed by atoms with Crippen molar-refractivity contribution in [1.82, 2.24) is 4.90 Å². The van der Waals surface area contributed by atoms with E-state index in [-0.39, 0.29) is 12.7 Å². The van der Waals surface area contributed by atoms with Crippen LogP contribution in [0.25, 0.3) is 0 Å². The molecule has 2 heterocycles. The van der Waals surface area contributed by atoms with E-state index in [1.54, 1.807) is 0 Å². The molecular weight excluding hydrogens is 312 g/mol. The van der Waals surface area contributed by atoms with Gasteiger partial charge in [-0.3, -0.25) is 4.90 Å². The number of aliphatic hydroxyl groups is 1. The molecule has 1 saturated heterocycles. The van der Waals surface area contributed by atoms with Gasteiger partial charge in [0.1, 0.15) is 0 Å². The van der Waals surface area contributed by atoms with Crippen molar-refractivity contribution in [2.24, 2.45) is 0 Å². The number of aryl methyl sites for hydroxylation is 2. The average Bonchev–Trinajstić information content (AvgIpc) is 2.80. The molecule has 1 unspecified atom stereocenters. The highest BCUT2D eigenvalue weighted by Gasteiger charge is 2.26. The number of ether oxygens (including phenoxy) is 1. The van der Waals surface area contributed by atoms with E-state index in [1.165, 1.54) is 22.5 Å². The molecule has 0 spiro atoms. The van der Waals surface area contributed by atoms with Crippen molar-refractivity contribution in [3.63, 3.8) is 0 Å². The van der Waals surface area contributed by atoms with Crippen molar-refractivity contribution in [1.29, 1.82) is 0 Å². The lowest BCUT2D eigenvalue weighted by atomic mass is 10.0. The van der Waals surface area contributed by atoms with E-state index in [2.05, 4.69) is 58.3 Å². The molecular formula is C21H26N2O2. The van der Waals surface area contributed by atoms with E-state index in [4.69, 9.17) is 4.74 Å². The van der Waals surface area contributed by atoms with Crippen LogP contribution in [0.2, 0.25) is 0 Å². The fourth-order valence-corrected chi connectivity index (χ4v) is 4.01. The molecule has 0 radical (unpaired) electrons. The Kier molecular flexibility index (Phi) is 5.02. The number of rotatable bonds is 4. The van der Waals surface area contributed by atoms with E-state index in [9.17, 15) is 5.11 Å². The Balaban J connectivity index is 1.63. The minimum atomic E-state index is 0.152. The molecule has 0 bridgehead atoms. The second-order valence-corrected chi connectivity index (χ2v) is 6.89. The van der Waals surface area contributed by atoms with Crippen LogP contribution in [-0.2, 0) is 17.6 Å². The summed E-state index contributed by atoms with van der Waals surface area (Å²) in [4.78, 5) is 4.73. The van der Waals surface area contributed by atoms with Crippen LogP contribution in [-0.4, -0.2) is 55.5 Å². The Hall–Kier alpha value is -1.88. The van der Waals surface area contributed by atoms with Crippen molar-refractivity contribution in [3.05, 3.63) is 59.7 Å². The number of aliphatic hydroxyl groups excluding tert-OH is 1. The Bertz CT molecular complexity index is 669. The summed E-state index contributed by atoms with van der Waals surface area (Å²) in [6, 6.07) is 17.5. The molecule has 0 aromatic heterocycles. The number of benzene rings is 2. The Morgan fingerprint density at radius 2 is 1.60 bits per heavy atom. The van der Waals surface area contributed by atoms with Crippen molar-refractivity contribution in [3.8, 4) is 0 Å². The topological polar surface area (TPSA) is 35.9 Å². The Morgan fingerprint density at radius 3 is 2.24 bits per heavy atom. The molecule has 0 amide bonds. The molecule has 1 atom stereocenters. The smallest absolute Gasteiger partial charge is 0.0881 e. The van der Waals surface area contributed by atoms with Gasteiger partial charge < -0.3 is 14.7 Å². The van der Waals surface area contributed by atoms with Crippen molar-refractivity contribution >= 4 is 11.4 Å². The van der Waals surface area contributed by atoms with Crippen molar-refractivity contribution < 1.29 is 9.84 Å². The normalized spacial score (nSPS) is 20.7. The molecule has 2 aliphatic heterocycles. The van der Waals surface area contributed by atoms with Crippen molar-refractivity contribution in [2.45, 2.75) is 18.9 Å². The average molecular weight is 338 g/mol. The highest BCUT2D eigenvalue weighted by molar-refractivity contribution is 5.71. The lowest BCUT2D eigenvalue weighted by molar-refractivity contribution is -0.0269. The molecule has 25 heavy (non-hydrogen) atoms. The first-order chi connectivity index (χ1) is 12.3. The third-order valence-electron chi connectivity index (χ3n) is 5.25. The SMILES string of the molecule is OCCN1CCOC(CN2c3ccccc3CCc3ccccc32)C1.